The van der Waals surface area contributed by atoms with Gasteiger partial charge in [-0.2, -0.15) is 0 Å². The average molecular weight is 228 g/mol. The van der Waals surface area contributed by atoms with E-state index >= 15 is 0 Å². The Morgan fingerprint density at radius 1 is 1.19 bits per heavy atom. The summed E-state index contributed by atoms with van der Waals surface area (Å²) in [6.45, 7) is 0. The van der Waals surface area contributed by atoms with Crippen LogP contribution in [0.3, 0.4) is 0 Å². The molecule has 16 heavy (non-hydrogen) atoms. The molecule has 4 N–H and O–H groups in total. The van der Waals surface area contributed by atoms with E-state index in [1.165, 1.54) is 7.11 Å². The second-order valence-electron chi connectivity index (χ2n) is 2.79. The van der Waals surface area contributed by atoms with E-state index in [1.54, 1.807) is 0 Å². The first-order valence-corrected chi connectivity index (χ1v) is 3.94. The Balaban J connectivity index is 3.64. The van der Waals surface area contributed by atoms with E-state index in [9.17, 15) is 20.2 Å². The molecule has 0 saturated heterocycles. The molecule has 0 spiro atoms. The molecule has 9 heteroatoms. The van der Waals surface area contributed by atoms with Gasteiger partial charge < -0.3 is 16.2 Å². The van der Waals surface area contributed by atoms with E-state index in [0.29, 0.717) is 0 Å². The van der Waals surface area contributed by atoms with E-state index in [2.05, 4.69) is 0 Å². The molecule has 0 radical (unpaired) electrons. The molecule has 0 aliphatic rings. The molecule has 0 atom stereocenters. The molecular weight excluding hydrogens is 220 g/mol. The number of nitrogens with two attached hydrogens (primary N) is 2. The van der Waals surface area contributed by atoms with E-state index in [-0.39, 0.29) is 11.4 Å². The van der Waals surface area contributed by atoms with E-state index in [0.717, 1.165) is 6.07 Å². The third-order valence-electron chi connectivity index (χ3n) is 1.92. The van der Waals surface area contributed by atoms with Crippen molar-refractivity contribution in [2.24, 2.45) is 0 Å². The molecule has 0 unspecified atom stereocenters. The lowest BCUT2D eigenvalue weighted by molar-refractivity contribution is -0.391. The Hall–Kier alpha value is -2.58. The van der Waals surface area contributed by atoms with Crippen molar-refractivity contribution in [3.8, 4) is 5.75 Å². The molecule has 0 bridgehead atoms. The van der Waals surface area contributed by atoms with Gasteiger partial charge in [0.15, 0.2) is 17.1 Å². The number of nitro groups is 2. The summed E-state index contributed by atoms with van der Waals surface area (Å²) in [6, 6.07) is 0.942. The number of benzene rings is 1. The number of nitrogens with zero attached hydrogens (tertiary/aromatic N) is 2. The van der Waals surface area contributed by atoms with E-state index < -0.39 is 26.9 Å². The molecule has 1 aromatic rings. The van der Waals surface area contributed by atoms with Crippen LogP contribution in [0.15, 0.2) is 6.07 Å². The largest absolute Gasteiger partial charge is 0.494 e. The highest BCUT2D eigenvalue weighted by atomic mass is 16.6. The molecule has 0 heterocycles. The first-order valence-electron chi connectivity index (χ1n) is 3.94. The molecule has 86 valence electrons. The zero-order valence-corrected chi connectivity index (χ0v) is 8.17. The molecule has 9 nitrogen and oxygen atoms in total. The van der Waals surface area contributed by atoms with Crippen LogP contribution in [-0.4, -0.2) is 17.0 Å². The molecular formula is C7H8N4O5. The number of hydrogen-bond donors (Lipinski definition) is 2. The van der Waals surface area contributed by atoms with Crippen molar-refractivity contribution in [1.29, 1.82) is 0 Å². The fourth-order valence-corrected chi connectivity index (χ4v) is 1.18. The SMILES string of the molecule is COc1cc([N+](=O)[O-])c(N)c([N+](=O)[O-])c1N. The quantitative estimate of drug-likeness (QED) is 0.438. The van der Waals surface area contributed by atoms with Crippen LogP contribution >= 0.6 is 0 Å². The smallest absolute Gasteiger partial charge is 0.325 e. The minimum absolute atomic E-state index is 0.160. The average Bonchev–Trinajstić information content (AvgIpc) is 2.16. The van der Waals surface area contributed by atoms with Gasteiger partial charge in [0, 0.05) is 0 Å². The number of rotatable bonds is 3. The van der Waals surface area contributed by atoms with Gasteiger partial charge in [0.25, 0.3) is 0 Å². The van der Waals surface area contributed by atoms with Crippen molar-refractivity contribution >= 4 is 22.7 Å². The number of hydrogen-bond acceptors (Lipinski definition) is 7. The summed E-state index contributed by atoms with van der Waals surface area (Å²) in [6.07, 6.45) is 0. The maximum atomic E-state index is 10.7. The van der Waals surface area contributed by atoms with Gasteiger partial charge in [0.05, 0.1) is 23.0 Å². The van der Waals surface area contributed by atoms with Gasteiger partial charge in [0.2, 0.25) is 0 Å². The van der Waals surface area contributed by atoms with Crippen molar-refractivity contribution in [2.75, 3.05) is 18.6 Å². The van der Waals surface area contributed by atoms with Gasteiger partial charge in [0.1, 0.15) is 0 Å². The lowest BCUT2D eigenvalue weighted by atomic mass is 10.2. The number of methoxy groups -OCH3 is 1. The number of ether oxygens (including phenoxy) is 1. The van der Waals surface area contributed by atoms with Crippen LogP contribution in [0.5, 0.6) is 5.75 Å². The van der Waals surface area contributed by atoms with Crippen LogP contribution in [0.25, 0.3) is 0 Å². The van der Waals surface area contributed by atoms with Crippen LogP contribution in [-0.2, 0) is 0 Å². The molecule has 0 aromatic heterocycles. The van der Waals surface area contributed by atoms with Crippen LogP contribution < -0.4 is 16.2 Å². The maximum Gasteiger partial charge on any atom is 0.325 e. The summed E-state index contributed by atoms with van der Waals surface area (Å²) >= 11 is 0. The Morgan fingerprint density at radius 3 is 2.12 bits per heavy atom. The minimum Gasteiger partial charge on any atom is -0.494 e. The Morgan fingerprint density at radius 2 is 1.75 bits per heavy atom. The van der Waals surface area contributed by atoms with Crippen molar-refractivity contribution < 1.29 is 14.6 Å². The predicted octanol–water partition coefficient (Wildman–Crippen LogP) is 0.676. The fraction of sp³-hybridized carbons (Fsp3) is 0.143. The molecule has 1 rings (SSSR count). The van der Waals surface area contributed by atoms with Crippen LogP contribution in [0.4, 0.5) is 22.7 Å². The van der Waals surface area contributed by atoms with Crippen molar-refractivity contribution in [3.05, 3.63) is 26.3 Å². The van der Waals surface area contributed by atoms with Crippen molar-refractivity contribution in [1.82, 2.24) is 0 Å². The van der Waals surface area contributed by atoms with Crippen LogP contribution in [0.1, 0.15) is 0 Å². The zero-order valence-electron chi connectivity index (χ0n) is 8.17. The van der Waals surface area contributed by atoms with Gasteiger partial charge in [-0.25, -0.2) is 0 Å². The first kappa shape index (κ1) is 11.5. The summed E-state index contributed by atoms with van der Waals surface area (Å²) in [4.78, 5) is 19.5. The number of nitro benzene ring substituents is 2. The van der Waals surface area contributed by atoms with E-state index in [4.69, 9.17) is 16.2 Å². The van der Waals surface area contributed by atoms with E-state index in [1.807, 2.05) is 0 Å². The monoisotopic (exact) mass is 228 g/mol. The Labute approximate surface area is 88.9 Å². The zero-order chi connectivity index (χ0) is 12.5. The third-order valence-corrected chi connectivity index (χ3v) is 1.92. The molecule has 1 aromatic carbocycles. The summed E-state index contributed by atoms with van der Waals surface area (Å²) in [5.74, 6) is -0.160. The summed E-state index contributed by atoms with van der Waals surface area (Å²) in [5, 5.41) is 21.2. The highest BCUT2D eigenvalue weighted by molar-refractivity contribution is 5.85. The van der Waals surface area contributed by atoms with Crippen molar-refractivity contribution in [3.63, 3.8) is 0 Å². The highest BCUT2D eigenvalue weighted by Crippen LogP contribution is 2.42. The lowest BCUT2D eigenvalue weighted by Crippen LogP contribution is -2.06. The summed E-state index contributed by atoms with van der Waals surface area (Å²) in [5.41, 5.74) is 8.43. The first-order chi connectivity index (χ1) is 7.40. The topological polar surface area (TPSA) is 148 Å². The van der Waals surface area contributed by atoms with Gasteiger partial charge >= 0.3 is 11.4 Å². The Bertz CT molecular complexity index is 472. The normalized spacial score (nSPS) is 9.81. The lowest BCUT2D eigenvalue weighted by Gasteiger charge is -2.06. The summed E-state index contributed by atoms with van der Waals surface area (Å²) < 4.78 is 4.69. The minimum atomic E-state index is -0.889. The van der Waals surface area contributed by atoms with Gasteiger partial charge in [-0.3, -0.25) is 20.2 Å². The molecule has 0 aliphatic carbocycles. The van der Waals surface area contributed by atoms with Crippen LogP contribution in [0.2, 0.25) is 0 Å². The molecule has 0 fully saturated rings. The predicted molar refractivity (Wildman–Crippen MR) is 55.1 cm³/mol. The second-order valence-corrected chi connectivity index (χ2v) is 2.79. The molecule has 0 amide bonds. The second kappa shape index (κ2) is 3.88. The fourth-order valence-electron chi connectivity index (χ4n) is 1.18. The summed E-state index contributed by atoms with van der Waals surface area (Å²) in [7, 11) is 1.19. The molecule has 0 saturated carbocycles. The van der Waals surface area contributed by atoms with Crippen molar-refractivity contribution in [2.45, 2.75) is 0 Å². The standard InChI is InChI=1S/C7H8N4O5/c1-16-4-2-3(10(12)13)5(8)7(6(4)9)11(14)15/h2H,8-9H2,1H3. The van der Waals surface area contributed by atoms with Gasteiger partial charge in [-0.05, 0) is 0 Å². The maximum absolute atomic E-state index is 10.7. The molecule has 0 aliphatic heterocycles. The van der Waals surface area contributed by atoms with Crippen LogP contribution in [0, 0.1) is 20.2 Å². The highest BCUT2D eigenvalue weighted by Gasteiger charge is 2.29. The van der Waals surface area contributed by atoms with Gasteiger partial charge in [-0.15, -0.1) is 0 Å². The third kappa shape index (κ3) is 1.65. The Kier molecular flexibility index (Phi) is 2.79. The number of nitrogen functional groups attached to an aromatic ring is 2. The van der Waals surface area contributed by atoms with Gasteiger partial charge in [-0.1, -0.05) is 0 Å². The number of anilines is 2.